The maximum absolute atomic E-state index is 12.9. The summed E-state index contributed by atoms with van der Waals surface area (Å²) in [4.78, 5) is 15.2. The maximum atomic E-state index is 12.9. The molecule has 1 amide bonds. The van der Waals surface area contributed by atoms with Crippen molar-refractivity contribution < 1.29 is 13.2 Å². The maximum Gasteiger partial charge on any atom is 0.271 e. The summed E-state index contributed by atoms with van der Waals surface area (Å²) in [5, 5.41) is 7.73. The van der Waals surface area contributed by atoms with Gasteiger partial charge in [-0.1, -0.05) is 6.92 Å². The van der Waals surface area contributed by atoms with Crippen molar-refractivity contribution in [1.29, 1.82) is 0 Å². The molecule has 1 aromatic heterocycles. The van der Waals surface area contributed by atoms with Gasteiger partial charge < -0.3 is 10.2 Å². The summed E-state index contributed by atoms with van der Waals surface area (Å²) in [6.45, 7) is 2.92. The number of hydrogen-bond donors (Lipinski definition) is 1. The smallest absolute Gasteiger partial charge is 0.271 e. The molecule has 7 nitrogen and oxygen atoms in total. The number of nitrogens with zero attached hydrogens (tertiary/aromatic N) is 3. The molecule has 29 heavy (non-hydrogen) atoms. The molecule has 3 aliphatic rings. The molecule has 4 rings (SSSR count). The molecule has 2 aliphatic carbocycles. The zero-order valence-corrected chi connectivity index (χ0v) is 18.7. The zero-order valence-electron chi connectivity index (χ0n) is 17.9. The topological polar surface area (TPSA) is 84.3 Å². The molecule has 0 radical (unpaired) electrons. The van der Waals surface area contributed by atoms with E-state index in [2.05, 4.69) is 36.3 Å². The van der Waals surface area contributed by atoms with Crippen LogP contribution in [-0.4, -0.2) is 66.7 Å². The summed E-state index contributed by atoms with van der Waals surface area (Å²) in [5.41, 5.74) is 1.46. The lowest BCUT2D eigenvalue weighted by Crippen LogP contribution is -2.54. The van der Waals surface area contributed by atoms with Crippen LogP contribution in [0.25, 0.3) is 0 Å². The number of hydrogen-bond acceptors (Lipinski definition) is 5. The number of likely N-dealkylation sites (N-methyl/N-ethyl adjacent to an activating group) is 1. The molecule has 0 bridgehead atoms. The van der Waals surface area contributed by atoms with Gasteiger partial charge in [-0.2, -0.15) is 5.10 Å². The molecule has 8 heteroatoms. The average molecular weight is 423 g/mol. The second-order valence-electron chi connectivity index (χ2n) is 9.71. The van der Waals surface area contributed by atoms with Crippen molar-refractivity contribution in [2.24, 2.45) is 5.92 Å². The molecule has 3 fully saturated rings. The van der Waals surface area contributed by atoms with Gasteiger partial charge in [0.1, 0.15) is 5.69 Å². The highest BCUT2D eigenvalue weighted by atomic mass is 32.2. The largest absolute Gasteiger partial charge is 0.349 e. The van der Waals surface area contributed by atoms with E-state index >= 15 is 0 Å². The Bertz CT molecular complexity index is 864. The number of sulfone groups is 1. The minimum absolute atomic E-state index is 0.00356. The first-order valence-corrected chi connectivity index (χ1v) is 12.8. The van der Waals surface area contributed by atoms with Gasteiger partial charge >= 0.3 is 0 Å². The van der Waals surface area contributed by atoms with Crippen LogP contribution in [0.15, 0.2) is 6.07 Å². The third-order valence-electron chi connectivity index (χ3n) is 7.28. The van der Waals surface area contributed by atoms with E-state index in [9.17, 15) is 13.2 Å². The van der Waals surface area contributed by atoms with Crippen LogP contribution in [0.5, 0.6) is 0 Å². The molecule has 1 aliphatic heterocycles. The summed E-state index contributed by atoms with van der Waals surface area (Å²) in [7, 11) is 1.21. The van der Waals surface area contributed by atoms with Crippen molar-refractivity contribution >= 4 is 15.7 Å². The lowest BCUT2D eigenvalue weighted by Gasteiger charge is -2.44. The van der Waals surface area contributed by atoms with Gasteiger partial charge in [0.2, 0.25) is 0 Å². The van der Waals surface area contributed by atoms with Crippen LogP contribution in [0.1, 0.15) is 80.0 Å². The van der Waals surface area contributed by atoms with Crippen LogP contribution in [0, 0.1) is 5.92 Å². The molecule has 0 aromatic carbocycles. The third-order valence-corrected chi connectivity index (χ3v) is 9.03. The second-order valence-corrected chi connectivity index (χ2v) is 11.9. The molecule has 0 unspecified atom stereocenters. The molecule has 0 spiro atoms. The number of aromatic nitrogens is 2. The van der Waals surface area contributed by atoms with E-state index in [0.29, 0.717) is 24.6 Å². The summed E-state index contributed by atoms with van der Waals surface area (Å²) in [5.74, 6) is 1.37. The second kappa shape index (κ2) is 7.69. The van der Waals surface area contributed by atoms with Crippen LogP contribution in [0.4, 0.5) is 0 Å². The standard InChI is InChI=1S/C21H34N4O3S/c1-15-6-9-21(10-7-15,24(2)3)14-22-20(26)18-12-19(16-4-5-16)25(23-18)17-8-11-29(27,28)13-17/h12,15-17H,4-11,13-14H2,1-3H3,(H,22,26)/t15?,17-,21?/m0/s1. The van der Waals surface area contributed by atoms with Gasteiger partial charge in [-0.05, 0) is 71.0 Å². The van der Waals surface area contributed by atoms with Gasteiger partial charge in [0.15, 0.2) is 9.84 Å². The number of carbonyl (C=O) groups excluding carboxylic acids is 1. The predicted octanol–water partition coefficient (Wildman–Crippen LogP) is 2.36. The average Bonchev–Trinajstić information content (AvgIpc) is 3.32. The minimum atomic E-state index is -2.99. The van der Waals surface area contributed by atoms with Crippen molar-refractivity contribution in [3.05, 3.63) is 17.5 Å². The van der Waals surface area contributed by atoms with Crippen molar-refractivity contribution in [2.45, 2.75) is 69.4 Å². The summed E-state index contributed by atoms with van der Waals surface area (Å²) >= 11 is 0. The van der Waals surface area contributed by atoms with Crippen molar-refractivity contribution in [2.75, 3.05) is 32.1 Å². The molecular formula is C21H34N4O3S. The zero-order chi connectivity index (χ0) is 20.8. The summed E-state index contributed by atoms with van der Waals surface area (Å²) in [6.07, 6.45) is 7.32. The molecule has 162 valence electrons. The van der Waals surface area contributed by atoms with Crippen LogP contribution in [0.2, 0.25) is 0 Å². The summed E-state index contributed by atoms with van der Waals surface area (Å²) < 4.78 is 25.7. The first kappa shape index (κ1) is 20.8. The minimum Gasteiger partial charge on any atom is -0.349 e. The molecule has 2 saturated carbocycles. The molecular weight excluding hydrogens is 388 g/mol. The lowest BCUT2D eigenvalue weighted by molar-refractivity contribution is 0.0717. The Balaban J connectivity index is 1.48. The van der Waals surface area contributed by atoms with Gasteiger partial charge in [-0.25, -0.2) is 8.42 Å². The Labute approximate surface area is 174 Å². The van der Waals surface area contributed by atoms with Crippen molar-refractivity contribution in [3.63, 3.8) is 0 Å². The molecule has 1 N–H and O–H groups in total. The summed E-state index contributed by atoms with van der Waals surface area (Å²) in [6, 6.07) is 1.76. The number of carbonyl (C=O) groups is 1. The molecule has 1 atom stereocenters. The van der Waals surface area contributed by atoms with Crippen LogP contribution in [0.3, 0.4) is 0 Å². The first-order valence-electron chi connectivity index (χ1n) is 10.9. The number of rotatable bonds is 6. The van der Waals surface area contributed by atoms with Gasteiger partial charge in [0, 0.05) is 23.7 Å². The highest BCUT2D eigenvalue weighted by Crippen LogP contribution is 2.42. The fraction of sp³-hybridized carbons (Fsp3) is 0.810. The predicted molar refractivity (Wildman–Crippen MR) is 113 cm³/mol. The first-order chi connectivity index (χ1) is 13.7. The number of amides is 1. The van der Waals surface area contributed by atoms with Crippen LogP contribution < -0.4 is 5.32 Å². The van der Waals surface area contributed by atoms with E-state index in [-0.39, 0.29) is 29.0 Å². The fourth-order valence-corrected chi connectivity index (χ4v) is 6.57. The van der Waals surface area contributed by atoms with E-state index in [1.54, 1.807) is 0 Å². The highest BCUT2D eigenvalue weighted by molar-refractivity contribution is 7.91. The van der Waals surface area contributed by atoms with Crippen LogP contribution >= 0.6 is 0 Å². The molecule has 1 saturated heterocycles. The Kier molecular flexibility index (Phi) is 5.53. The normalized spacial score (nSPS) is 31.9. The molecule has 2 heterocycles. The van der Waals surface area contributed by atoms with E-state index in [1.165, 1.54) is 12.8 Å². The lowest BCUT2D eigenvalue weighted by atomic mass is 9.76. The van der Waals surface area contributed by atoms with E-state index in [0.717, 1.165) is 37.3 Å². The Morgan fingerprint density at radius 1 is 1.24 bits per heavy atom. The van der Waals surface area contributed by atoms with Crippen molar-refractivity contribution in [1.82, 2.24) is 20.0 Å². The Morgan fingerprint density at radius 3 is 2.48 bits per heavy atom. The highest BCUT2D eigenvalue weighted by Gasteiger charge is 2.38. The Hall–Kier alpha value is -1.41. The van der Waals surface area contributed by atoms with E-state index < -0.39 is 9.84 Å². The van der Waals surface area contributed by atoms with E-state index in [4.69, 9.17) is 0 Å². The van der Waals surface area contributed by atoms with Gasteiger partial charge in [0.25, 0.3) is 5.91 Å². The van der Waals surface area contributed by atoms with Gasteiger partial charge in [-0.3, -0.25) is 9.48 Å². The fourth-order valence-electron chi connectivity index (χ4n) is 4.88. The monoisotopic (exact) mass is 422 g/mol. The van der Waals surface area contributed by atoms with E-state index in [1.807, 2.05) is 10.7 Å². The van der Waals surface area contributed by atoms with Crippen molar-refractivity contribution in [3.8, 4) is 0 Å². The van der Waals surface area contributed by atoms with Gasteiger partial charge in [0.05, 0.1) is 17.5 Å². The quantitative estimate of drug-likeness (QED) is 0.761. The SMILES string of the molecule is CC1CCC(CNC(=O)c2cc(C3CC3)n([C@H]3CCS(=O)(=O)C3)n2)(N(C)C)CC1. The molecule has 1 aromatic rings. The number of nitrogens with one attached hydrogen (secondary N) is 1. The van der Waals surface area contributed by atoms with Gasteiger partial charge in [-0.15, -0.1) is 0 Å². The third kappa shape index (κ3) is 4.38. The van der Waals surface area contributed by atoms with Crippen LogP contribution in [-0.2, 0) is 9.84 Å². The Morgan fingerprint density at radius 2 is 1.93 bits per heavy atom.